The molecule has 8 heteroatoms. The molecule has 152 valence electrons. The number of nitrogens with zero attached hydrogens (tertiary/aromatic N) is 3. The molecule has 2 aromatic heterocycles. The number of hydrogen-bond acceptors (Lipinski definition) is 6. The molecule has 0 spiro atoms. The predicted octanol–water partition coefficient (Wildman–Crippen LogP) is 3.09. The summed E-state index contributed by atoms with van der Waals surface area (Å²) in [5, 5.41) is 16.8. The van der Waals surface area contributed by atoms with E-state index in [0.29, 0.717) is 6.61 Å². The van der Waals surface area contributed by atoms with Gasteiger partial charge in [-0.2, -0.15) is 5.10 Å². The van der Waals surface area contributed by atoms with Gasteiger partial charge in [0.2, 0.25) is 0 Å². The van der Waals surface area contributed by atoms with Crippen molar-refractivity contribution in [3.63, 3.8) is 0 Å². The van der Waals surface area contributed by atoms with E-state index in [9.17, 15) is 4.79 Å². The number of benzene rings is 1. The Kier molecular flexibility index (Phi) is 5.62. The van der Waals surface area contributed by atoms with Crippen molar-refractivity contribution in [2.45, 2.75) is 25.3 Å². The molecule has 0 radical (unpaired) electrons. The summed E-state index contributed by atoms with van der Waals surface area (Å²) in [6.45, 7) is 1.59. The molecule has 4 rings (SSSR count). The molecule has 0 amide bonds. The fraction of sp³-hybridized carbons (Fsp3) is 0.381. The lowest BCUT2D eigenvalue weighted by atomic mass is 10.0. The zero-order chi connectivity index (χ0) is 20.2. The number of carboxylic acids is 1. The van der Waals surface area contributed by atoms with Gasteiger partial charge in [0.15, 0.2) is 0 Å². The number of pyridine rings is 1. The third kappa shape index (κ3) is 4.02. The number of rotatable bonds is 8. The smallest absolute Gasteiger partial charge is 0.305 e. The number of fused-ring (bicyclic) bond motifs is 1. The molecule has 1 atom stereocenters. The average Bonchev–Trinajstić information content (AvgIpc) is 3.42. The van der Waals surface area contributed by atoms with Gasteiger partial charge in [-0.25, -0.2) is 4.98 Å². The van der Waals surface area contributed by atoms with Gasteiger partial charge in [0, 0.05) is 23.7 Å². The highest BCUT2D eigenvalue weighted by molar-refractivity contribution is 5.98. The van der Waals surface area contributed by atoms with E-state index >= 15 is 0 Å². The van der Waals surface area contributed by atoms with E-state index in [2.05, 4.69) is 21.2 Å². The molecule has 0 bridgehead atoms. The summed E-state index contributed by atoms with van der Waals surface area (Å²) in [5.41, 5.74) is 2.83. The van der Waals surface area contributed by atoms with Crippen LogP contribution in [-0.4, -0.2) is 59.2 Å². The molecule has 1 aromatic carbocycles. The van der Waals surface area contributed by atoms with Crippen LogP contribution in [0.3, 0.4) is 0 Å². The maximum absolute atomic E-state index is 10.7. The first-order valence-corrected chi connectivity index (χ1v) is 9.70. The van der Waals surface area contributed by atoms with E-state index in [1.54, 1.807) is 13.3 Å². The third-order valence-electron chi connectivity index (χ3n) is 5.26. The second-order valence-electron chi connectivity index (χ2n) is 7.08. The standard InChI is InChI=1S/C21H24N4O4/c1-28-18-6-2-5-16-17(14-11-22-23-12-14)10-19(24-21(16)18)25-8-3-4-15(25)13-29-9-7-20(26)27/h2,5-6,10-12,15H,3-4,7-9,13H2,1H3,(H,22,23)(H,26,27)/t15-/m0/s1. The minimum absolute atomic E-state index is 0.0166. The van der Waals surface area contributed by atoms with E-state index in [1.807, 2.05) is 24.4 Å². The molecular weight excluding hydrogens is 372 g/mol. The topological polar surface area (TPSA) is 101 Å². The minimum Gasteiger partial charge on any atom is -0.494 e. The van der Waals surface area contributed by atoms with Crippen molar-refractivity contribution in [2.75, 3.05) is 31.8 Å². The van der Waals surface area contributed by atoms with Crippen LogP contribution in [0.25, 0.3) is 22.0 Å². The Balaban J connectivity index is 1.68. The molecular formula is C21H24N4O4. The number of methoxy groups -OCH3 is 1. The summed E-state index contributed by atoms with van der Waals surface area (Å²) >= 11 is 0. The number of carboxylic acid groups (broad SMARTS) is 1. The molecule has 1 fully saturated rings. The number of anilines is 1. The molecule has 3 heterocycles. The number of aromatic nitrogens is 3. The summed E-state index contributed by atoms with van der Waals surface area (Å²) in [6, 6.07) is 8.16. The van der Waals surface area contributed by atoms with Crippen molar-refractivity contribution in [1.29, 1.82) is 0 Å². The highest BCUT2D eigenvalue weighted by atomic mass is 16.5. The largest absolute Gasteiger partial charge is 0.494 e. The fourth-order valence-electron chi connectivity index (χ4n) is 3.85. The molecule has 2 N–H and O–H groups in total. The first-order chi connectivity index (χ1) is 14.2. The van der Waals surface area contributed by atoms with Crippen molar-refractivity contribution < 1.29 is 19.4 Å². The van der Waals surface area contributed by atoms with E-state index in [1.165, 1.54) is 0 Å². The zero-order valence-electron chi connectivity index (χ0n) is 16.3. The third-order valence-corrected chi connectivity index (χ3v) is 5.26. The van der Waals surface area contributed by atoms with Gasteiger partial charge in [0.25, 0.3) is 0 Å². The Morgan fingerprint density at radius 3 is 3.07 bits per heavy atom. The monoisotopic (exact) mass is 396 g/mol. The average molecular weight is 396 g/mol. The highest BCUT2D eigenvalue weighted by Crippen LogP contribution is 2.36. The summed E-state index contributed by atoms with van der Waals surface area (Å²) < 4.78 is 11.2. The van der Waals surface area contributed by atoms with Crippen molar-refractivity contribution in [1.82, 2.24) is 15.2 Å². The Labute approximate surface area is 168 Å². The Bertz CT molecular complexity index is 990. The summed E-state index contributed by atoms with van der Waals surface area (Å²) in [4.78, 5) is 17.9. The number of nitrogens with one attached hydrogen (secondary N) is 1. The van der Waals surface area contributed by atoms with Crippen molar-refractivity contribution in [3.8, 4) is 16.9 Å². The number of H-pyrrole nitrogens is 1. The maximum atomic E-state index is 10.7. The van der Waals surface area contributed by atoms with Gasteiger partial charge in [-0.1, -0.05) is 12.1 Å². The number of aliphatic carboxylic acids is 1. The zero-order valence-corrected chi connectivity index (χ0v) is 16.3. The van der Waals surface area contributed by atoms with E-state index in [4.69, 9.17) is 19.6 Å². The quantitative estimate of drug-likeness (QED) is 0.564. The fourth-order valence-corrected chi connectivity index (χ4v) is 3.85. The van der Waals surface area contributed by atoms with Crippen LogP contribution in [0.1, 0.15) is 19.3 Å². The Morgan fingerprint density at radius 1 is 1.41 bits per heavy atom. The molecule has 0 aliphatic carbocycles. The van der Waals surface area contributed by atoms with E-state index in [-0.39, 0.29) is 19.1 Å². The van der Waals surface area contributed by atoms with Crippen LogP contribution in [0.4, 0.5) is 5.82 Å². The summed E-state index contributed by atoms with van der Waals surface area (Å²) in [5.74, 6) is 0.742. The van der Waals surface area contributed by atoms with Crippen LogP contribution < -0.4 is 9.64 Å². The highest BCUT2D eigenvalue weighted by Gasteiger charge is 2.27. The number of carbonyl (C=O) groups is 1. The Morgan fingerprint density at radius 2 is 2.31 bits per heavy atom. The summed E-state index contributed by atoms with van der Waals surface area (Å²) in [6.07, 6.45) is 5.71. The number of ether oxygens (including phenoxy) is 2. The van der Waals surface area contributed by atoms with Gasteiger partial charge in [-0.3, -0.25) is 9.89 Å². The van der Waals surface area contributed by atoms with Crippen molar-refractivity contribution >= 4 is 22.7 Å². The second-order valence-corrected chi connectivity index (χ2v) is 7.08. The van der Waals surface area contributed by atoms with Crippen LogP contribution in [0.2, 0.25) is 0 Å². The minimum atomic E-state index is -0.846. The molecule has 1 aliphatic rings. The molecule has 1 saturated heterocycles. The van der Waals surface area contributed by atoms with Gasteiger partial charge in [-0.05, 0) is 30.5 Å². The molecule has 1 aliphatic heterocycles. The number of para-hydroxylation sites is 1. The lowest BCUT2D eigenvalue weighted by molar-refractivity contribution is -0.138. The number of hydrogen-bond donors (Lipinski definition) is 2. The molecule has 3 aromatic rings. The molecule has 0 unspecified atom stereocenters. The predicted molar refractivity (Wildman–Crippen MR) is 109 cm³/mol. The first-order valence-electron chi connectivity index (χ1n) is 9.70. The Hall–Kier alpha value is -3.13. The van der Waals surface area contributed by atoms with Crippen molar-refractivity contribution in [2.24, 2.45) is 0 Å². The lowest BCUT2D eigenvalue weighted by Crippen LogP contribution is -2.34. The van der Waals surface area contributed by atoms with Gasteiger partial charge in [0.05, 0.1) is 39.0 Å². The van der Waals surface area contributed by atoms with E-state index < -0.39 is 5.97 Å². The van der Waals surface area contributed by atoms with Crippen LogP contribution in [-0.2, 0) is 9.53 Å². The normalized spacial score (nSPS) is 16.4. The van der Waals surface area contributed by atoms with Crippen LogP contribution in [0.5, 0.6) is 5.75 Å². The SMILES string of the molecule is COc1cccc2c(-c3cn[nH]c3)cc(N3CCC[C@H]3COCCC(=O)O)nc12. The molecule has 29 heavy (non-hydrogen) atoms. The molecule has 8 nitrogen and oxygen atoms in total. The first kappa shape index (κ1) is 19.2. The van der Waals surface area contributed by atoms with E-state index in [0.717, 1.165) is 53.0 Å². The second kappa shape index (κ2) is 8.48. The van der Waals surface area contributed by atoms with Gasteiger partial charge in [-0.15, -0.1) is 0 Å². The molecule has 0 saturated carbocycles. The van der Waals surface area contributed by atoms with Crippen molar-refractivity contribution in [3.05, 3.63) is 36.7 Å². The van der Waals surface area contributed by atoms with Gasteiger partial charge in [0.1, 0.15) is 17.1 Å². The lowest BCUT2D eigenvalue weighted by Gasteiger charge is -2.26. The number of aromatic amines is 1. The van der Waals surface area contributed by atoms with Gasteiger partial charge < -0.3 is 19.5 Å². The summed E-state index contributed by atoms with van der Waals surface area (Å²) in [7, 11) is 1.65. The van der Waals surface area contributed by atoms with Crippen LogP contribution >= 0.6 is 0 Å². The maximum Gasteiger partial charge on any atom is 0.305 e. The van der Waals surface area contributed by atoms with Gasteiger partial charge >= 0.3 is 5.97 Å². The van der Waals surface area contributed by atoms with Crippen LogP contribution in [0, 0.1) is 0 Å². The van der Waals surface area contributed by atoms with Crippen LogP contribution in [0.15, 0.2) is 36.7 Å².